The first kappa shape index (κ1) is 27.1. The molecule has 0 aliphatic carbocycles. The van der Waals surface area contributed by atoms with E-state index in [1.54, 1.807) is 6.92 Å². The van der Waals surface area contributed by atoms with Crippen molar-refractivity contribution >= 4 is 11.6 Å². The number of carbonyl (C=O) groups excluding carboxylic acids is 2. The lowest BCUT2D eigenvalue weighted by molar-refractivity contribution is -0.119. The zero-order valence-corrected chi connectivity index (χ0v) is 17.6. The maximum Gasteiger partial charge on any atom is 0.132 e. The number of ketones is 2. The van der Waals surface area contributed by atoms with Gasteiger partial charge in [-0.1, -0.05) is 6.92 Å². The zero-order chi connectivity index (χ0) is 20.7. The van der Waals surface area contributed by atoms with E-state index in [0.717, 1.165) is 6.42 Å². The van der Waals surface area contributed by atoms with Crippen molar-refractivity contribution in [3.05, 3.63) is 0 Å². The number of Topliss-reactive ketones (excluding diaryl/α,β-unsaturated/α-hetero) is 2. The molecule has 0 rings (SSSR count). The second-order valence-corrected chi connectivity index (χ2v) is 6.12. The van der Waals surface area contributed by atoms with Gasteiger partial charge in [-0.3, -0.25) is 9.59 Å². The number of carbonyl (C=O) groups is 2. The second kappa shape index (κ2) is 22.4. The molecule has 0 aromatic rings. The molecule has 0 atom stereocenters. The average molecular weight is 407 g/mol. The van der Waals surface area contributed by atoms with Crippen LogP contribution in [-0.2, 0) is 38.0 Å². The van der Waals surface area contributed by atoms with Crippen molar-refractivity contribution < 1.29 is 38.0 Å². The molecular weight excluding hydrogens is 368 g/mol. The molecule has 166 valence electrons. The van der Waals surface area contributed by atoms with Crippen LogP contribution in [-0.4, -0.2) is 90.8 Å². The Labute approximate surface area is 169 Å². The van der Waals surface area contributed by atoms with E-state index in [0.29, 0.717) is 98.5 Å². The van der Waals surface area contributed by atoms with Crippen LogP contribution in [0, 0.1) is 0 Å². The lowest BCUT2D eigenvalue weighted by Gasteiger charge is -2.08. The predicted octanol–water partition coefficient (Wildman–Crippen LogP) is 1.82. The van der Waals surface area contributed by atoms with Crippen molar-refractivity contribution in [1.82, 2.24) is 0 Å². The molecule has 0 aromatic heterocycles. The lowest BCUT2D eigenvalue weighted by Crippen LogP contribution is -2.14. The van der Waals surface area contributed by atoms with Crippen molar-refractivity contribution in [2.24, 2.45) is 0 Å². The number of hydrogen-bond donors (Lipinski definition) is 0. The van der Waals surface area contributed by atoms with Crippen LogP contribution in [0.15, 0.2) is 0 Å². The molecule has 28 heavy (non-hydrogen) atoms. The summed E-state index contributed by atoms with van der Waals surface area (Å²) in [5.74, 6) is 0.408. The summed E-state index contributed by atoms with van der Waals surface area (Å²) in [6.45, 7) is 9.58. The third kappa shape index (κ3) is 23.1. The van der Waals surface area contributed by atoms with E-state index < -0.39 is 0 Å². The van der Waals surface area contributed by atoms with Gasteiger partial charge in [0.05, 0.1) is 72.7 Å². The van der Waals surface area contributed by atoms with Crippen LogP contribution in [0.3, 0.4) is 0 Å². The van der Waals surface area contributed by atoms with Crippen LogP contribution >= 0.6 is 0 Å². The minimum absolute atomic E-state index is 0.130. The third-order valence-corrected chi connectivity index (χ3v) is 3.60. The monoisotopic (exact) mass is 406 g/mol. The molecule has 0 N–H and O–H groups in total. The normalized spacial score (nSPS) is 11.1. The fraction of sp³-hybridized carbons (Fsp3) is 0.900. The molecule has 0 spiro atoms. The molecule has 0 aliphatic heterocycles. The fourth-order valence-electron chi connectivity index (χ4n) is 1.97. The molecule has 0 aliphatic rings. The van der Waals surface area contributed by atoms with E-state index in [1.807, 2.05) is 6.92 Å². The summed E-state index contributed by atoms with van der Waals surface area (Å²) in [6, 6.07) is 0. The number of rotatable bonds is 23. The first-order valence-corrected chi connectivity index (χ1v) is 10.1. The van der Waals surface area contributed by atoms with Gasteiger partial charge in [-0.25, -0.2) is 0 Å². The largest absolute Gasteiger partial charge is 0.379 e. The minimum atomic E-state index is 0.130. The summed E-state index contributed by atoms with van der Waals surface area (Å²) >= 11 is 0. The van der Waals surface area contributed by atoms with E-state index in [2.05, 4.69) is 0 Å². The molecule has 0 saturated heterocycles. The van der Waals surface area contributed by atoms with E-state index in [-0.39, 0.29) is 11.6 Å². The topological polar surface area (TPSA) is 89.5 Å². The Kier molecular flexibility index (Phi) is 21.7. The zero-order valence-electron chi connectivity index (χ0n) is 17.6. The van der Waals surface area contributed by atoms with E-state index >= 15 is 0 Å². The molecule has 0 amide bonds. The van der Waals surface area contributed by atoms with Crippen molar-refractivity contribution in [2.45, 2.75) is 39.5 Å². The van der Waals surface area contributed by atoms with Gasteiger partial charge in [-0.05, 0) is 13.3 Å². The molecule has 0 radical (unpaired) electrons. The van der Waals surface area contributed by atoms with Gasteiger partial charge in [0.1, 0.15) is 11.6 Å². The second-order valence-electron chi connectivity index (χ2n) is 6.12. The molecule has 0 aromatic carbocycles. The Morgan fingerprint density at radius 3 is 1.25 bits per heavy atom. The van der Waals surface area contributed by atoms with Gasteiger partial charge in [0.25, 0.3) is 0 Å². The highest BCUT2D eigenvalue weighted by molar-refractivity contribution is 5.77. The highest BCUT2D eigenvalue weighted by atomic mass is 16.6. The Bertz CT molecular complexity index is 362. The van der Waals surface area contributed by atoms with Crippen LogP contribution < -0.4 is 0 Å². The van der Waals surface area contributed by atoms with Crippen LogP contribution in [0.25, 0.3) is 0 Å². The van der Waals surface area contributed by atoms with Gasteiger partial charge in [0.15, 0.2) is 0 Å². The quantitative estimate of drug-likeness (QED) is 0.237. The third-order valence-electron chi connectivity index (χ3n) is 3.60. The van der Waals surface area contributed by atoms with Crippen LogP contribution in [0.1, 0.15) is 39.5 Å². The summed E-state index contributed by atoms with van der Waals surface area (Å²) in [5, 5.41) is 0. The molecule has 0 fully saturated rings. The first-order chi connectivity index (χ1) is 13.7. The first-order valence-electron chi connectivity index (χ1n) is 10.1. The van der Waals surface area contributed by atoms with E-state index in [9.17, 15) is 9.59 Å². The molecular formula is C20H38O8. The standard InChI is InChI=1S/C20H38O8/c1-3-20(22)5-4-7-23-9-11-25-13-15-27-17-18-28-16-14-26-12-10-24-8-6-19(2)21/h3-18H2,1-2H3. The average Bonchev–Trinajstić information content (AvgIpc) is 2.68. The SMILES string of the molecule is CCC(=O)CCCOCCOCCOCCOCCOCCOCCC(C)=O. The Hall–Kier alpha value is -0.900. The highest BCUT2D eigenvalue weighted by Gasteiger charge is 1.98. The molecule has 0 bridgehead atoms. The smallest absolute Gasteiger partial charge is 0.132 e. The molecule has 0 saturated carbocycles. The van der Waals surface area contributed by atoms with Crippen LogP contribution in [0.5, 0.6) is 0 Å². The maximum atomic E-state index is 11.1. The van der Waals surface area contributed by atoms with Gasteiger partial charge in [0.2, 0.25) is 0 Å². The molecule has 8 nitrogen and oxygen atoms in total. The van der Waals surface area contributed by atoms with Gasteiger partial charge in [0, 0.05) is 25.9 Å². The predicted molar refractivity (Wildman–Crippen MR) is 105 cm³/mol. The summed E-state index contributed by atoms with van der Waals surface area (Å²) < 4.78 is 32.1. The van der Waals surface area contributed by atoms with Gasteiger partial charge in [-0.15, -0.1) is 0 Å². The van der Waals surface area contributed by atoms with Crippen LogP contribution in [0.4, 0.5) is 0 Å². The summed E-state index contributed by atoms with van der Waals surface area (Å²) in [4.78, 5) is 21.8. The fourth-order valence-corrected chi connectivity index (χ4v) is 1.97. The summed E-state index contributed by atoms with van der Waals surface area (Å²) in [5.41, 5.74) is 0. The van der Waals surface area contributed by atoms with Crippen molar-refractivity contribution in [3.63, 3.8) is 0 Å². The Balaban J connectivity index is 3.03. The number of ether oxygens (including phenoxy) is 6. The van der Waals surface area contributed by atoms with Gasteiger partial charge >= 0.3 is 0 Å². The van der Waals surface area contributed by atoms with Crippen molar-refractivity contribution in [3.8, 4) is 0 Å². The lowest BCUT2D eigenvalue weighted by atomic mass is 10.2. The molecule has 0 heterocycles. The molecule has 8 heteroatoms. The summed E-state index contributed by atoms with van der Waals surface area (Å²) in [7, 11) is 0. The van der Waals surface area contributed by atoms with Gasteiger partial charge < -0.3 is 28.4 Å². The Morgan fingerprint density at radius 1 is 0.536 bits per heavy atom. The highest BCUT2D eigenvalue weighted by Crippen LogP contribution is 1.95. The van der Waals surface area contributed by atoms with E-state index in [1.165, 1.54) is 0 Å². The summed E-state index contributed by atoms with van der Waals surface area (Å²) in [6.07, 6.45) is 2.41. The van der Waals surface area contributed by atoms with E-state index in [4.69, 9.17) is 28.4 Å². The van der Waals surface area contributed by atoms with Crippen LogP contribution in [0.2, 0.25) is 0 Å². The Morgan fingerprint density at radius 2 is 0.893 bits per heavy atom. The van der Waals surface area contributed by atoms with Gasteiger partial charge in [-0.2, -0.15) is 0 Å². The van der Waals surface area contributed by atoms with Crippen molar-refractivity contribution in [1.29, 1.82) is 0 Å². The maximum absolute atomic E-state index is 11.1. The molecule has 0 unspecified atom stereocenters. The van der Waals surface area contributed by atoms with Crippen molar-refractivity contribution in [2.75, 3.05) is 79.3 Å². The minimum Gasteiger partial charge on any atom is -0.379 e. The number of hydrogen-bond acceptors (Lipinski definition) is 8.